The first-order chi connectivity index (χ1) is 11.7. The van der Waals surface area contributed by atoms with Crippen molar-refractivity contribution >= 4 is 21.7 Å². The number of sulfone groups is 1. The quantitative estimate of drug-likeness (QED) is 0.650. The van der Waals surface area contributed by atoms with Crippen LogP contribution in [0.3, 0.4) is 0 Å². The summed E-state index contributed by atoms with van der Waals surface area (Å²) >= 11 is 0. The van der Waals surface area contributed by atoms with E-state index in [1.807, 2.05) is 18.7 Å². The minimum atomic E-state index is -3.13. The Morgan fingerprint density at radius 3 is 2.44 bits per heavy atom. The van der Waals surface area contributed by atoms with E-state index in [-0.39, 0.29) is 35.3 Å². The zero-order valence-corrected chi connectivity index (χ0v) is 16.3. The fourth-order valence-corrected chi connectivity index (χ4v) is 4.49. The van der Waals surface area contributed by atoms with E-state index in [1.165, 1.54) is 0 Å². The number of hydrogen-bond donors (Lipinski definition) is 0. The second-order valence-electron chi connectivity index (χ2n) is 7.19. The highest BCUT2D eigenvalue weighted by Crippen LogP contribution is 2.45. The molecule has 0 saturated carbocycles. The van der Waals surface area contributed by atoms with E-state index in [1.54, 1.807) is 4.90 Å². The summed E-state index contributed by atoms with van der Waals surface area (Å²) in [5.41, 5.74) is -0.129. The van der Waals surface area contributed by atoms with Crippen LogP contribution in [0.25, 0.3) is 0 Å². The number of carbonyl (C=O) groups excluding carboxylic acids is 2. The fraction of sp³-hybridized carbons (Fsp3) is 0.882. The van der Waals surface area contributed by atoms with Crippen molar-refractivity contribution in [3.8, 4) is 0 Å². The summed E-state index contributed by atoms with van der Waals surface area (Å²) in [5, 5.41) is 0. The molecule has 1 unspecified atom stereocenters. The maximum atomic E-state index is 12.6. The number of rotatable bonds is 7. The molecule has 0 N–H and O–H groups in total. The minimum Gasteiger partial charge on any atom is -0.381 e. The summed E-state index contributed by atoms with van der Waals surface area (Å²) in [6, 6.07) is 0. The topological polar surface area (TPSA) is 84.0 Å². The van der Waals surface area contributed by atoms with Crippen molar-refractivity contribution < 1.29 is 22.7 Å². The van der Waals surface area contributed by atoms with Gasteiger partial charge < -0.3 is 14.5 Å². The number of nitrogens with zero attached hydrogens (tertiary/aromatic N) is 2. The van der Waals surface area contributed by atoms with Gasteiger partial charge in [0.15, 0.2) is 0 Å². The average molecular weight is 375 g/mol. The van der Waals surface area contributed by atoms with Gasteiger partial charge in [0.05, 0.1) is 18.3 Å². The van der Waals surface area contributed by atoms with Crippen LogP contribution >= 0.6 is 0 Å². The molecule has 2 aliphatic rings. The van der Waals surface area contributed by atoms with Crippen molar-refractivity contribution in [1.82, 2.24) is 9.80 Å². The maximum Gasteiger partial charge on any atom is 0.228 e. The van der Waals surface area contributed by atoms with E-state index in [0.29, 0.717) is 32.8 Å². The number of amides is 2. The first-order valence-corrected chi connectivity index (χ1v) is 11.1. The van der Waals surface area contributed by atoms with E-state index < -0.39 is 9.84 Å². The lowest BCUT2D eigenvalue weighted by molar-refractivity contribution is -0.135. The highest BCUT2D eigenvalue weighted by molar-refractivity contribution is 7.90. The molecule has 25 heavy (non-hydrogen) atoms. The van der Waals surface area contributed by atoms with Crippen molar-refractivity contribution in [1.29, 1.82) is 0 Å². The normalized spacial score (nSPS) is 23.5. The Labute approximate surface area is 150 Å². The van der Waals surface area contributed by atoms with Crippen LogP contribution in [0.15, 0.2) is 0 Å². The highest BCUT2D eigenvalue weighted by atomic mass is 32.2. The molecule has 2 fully saturated rings. The molecule has 1 atom stereocenters. The summed E-state index contributed by atoms with van der Waals surface area (Å²) in [5.74, 6) is -0.200. The molecule has 0 aromatic rings. The number of ether oxygens (including phenoxy) is 1. The van der Waals surface area contributed by atoms with Gasteiger partial charge in [-0.15, -0.1) is 0 Å². The van der Waals surface area contributed by atoms with Gasteiger partial charge >= 0.3 is 0 Å². The van der Waals surface area contributed by atoms with Crippen molar-refractivity contribution in [2.24, 2.45) is 11.3 Å². The third kappa shape index (κ3) is 4.73. The van der Waals surface area contributed by atoms with E-state index >= 15 is 0 Å². The molecule has 7 nitrogen and oxygen atoms in total. The molecule has 0 bridgehead atoms. The SMILES string of the molecule is CCOCC1C(=O)N(CC)CC12CCN(C(=O)CCS(C)(=O)=O)CC2. The van der Waals surface area contributed by atoms with Crippen LogP contribution in [-0.4, -0.2) is 81.4 Å². The maximum absolute atomic E-state index is 12.6. The highest BCUT2D eigenvalue weighted by Gasteiger charge is 2.52. The molecule has 0 aromatic heterocycles. The molecule has 1 spiro atoms. The number of carbonyl (C=O) groups is 2. The number of piperidine rings is 1. The molecule has 2 saturated heterocycles. The summed E-state index contributed by atoms with van der Waals surface area (Å²) < 4.78 is 28.1. The lowest BCUT2D eigenvalue weighted by Crippen LogP contribution is -2.47. The van der Waals surface area contributed by atoms with Crippen LogP contribution in [0.5, 0.6) is 0 Å². The van der Waals surface area contributed by atoms with E-state index in [2.05, 4.69) is 0 Å². The predicted molar refractivity (Wildman–Crippen MR) is 94.8 cm³/mol. The molecule has 2 heterocycles. The Bertz CT molecular complexity index is 596. The van der Waals surface area contributed by atoms with E-state index in [9.17, 15) is 18.0 Å². The molecule has 8 heteroatoms. The van der Waals surface area contributed by atoms with Crippen molar-refractivity contribution in [3.05, 3.63) is 0 Å². The predicted octanol–water partition coefficient (Wildman–Crippen LogP) is 0.545. The van der Waals surface area contributed by atoms with Crippen LogP contribution in [0.4, 0.5) is 0 Å². The van der Waals surface area contributed by atoms with Gasteiger partial charge in [-0.05, 0) is 26.7 Å². The van der Waals surface area contributed by atoms with Gasteiger partial charge in [-0.3, -0.25) is 9.59 Å². The Morgan fingerprint density at radius 2 is 1.92 bits per heavy atom. The molecule has 2 rings (SSSR count). The third-order valence-corrected chi connectivity index (χ3v) is 6.47. The largest absolute Gasteiger partial charge is 0.381 e. The average Bonchev–Trinajstić information content (AvgIpc) is 2.82. The van der Waals surface area contributed by atoms with E-state index in [0.717, 1.165) is 25.6 Å². The number of likely N-dealkylation sites (tertiary alicyclic amines) is 2. The van der Waals surface area contributed by atoms with Crippen molar-refractivity contribution in [3.63, 3.8) is 0 Å². The van der Waals surface area contributed by atoms with Crippen LogP contribution in [0.1, 0.15) is 33.1 Å². The molecule has 0 aliphatic carbocycles. The first-order valence-electron chi connectivity index (χ1n) is 9.04. The van der Waals surface area contributed by atoms with Crippen molar-refractivity contribution in [2.75, 3.05) is 51.4 Å². The molecular formula is C17H30N2O5S. The molecule has 2 aliphatic heterocycles. The second kappa shape index (κ2) is 8.03. The van der Waals surface area contributed by atoms with Crippen molar-refractivity contribution in [2.45, 2.75) is 33.1 Å². The lowest BCUT2D eigenvalue weighted by atomic mass is 9.71. The smallest absolute Gasteiger partial charge is 0.228 e. The zero-order chi connectivity index (χ0) is 18.7. The lowest BCUT2D eigenvalue weighted by Gasteiger charge is -2.41. The molecule has 2 amide bonds. The standard InChI is InChI=1S/C17H30N2O5S/c1-4-18-13-17(14(16(18)21)12-24-5-2)7-9-19(10-8-17)15(20)6-11-25(3,22)23/h14H,4-13H2,1-3H3. The fourth-order valence-electron chi connectivity index (χ4n) is 3.94. The Hall–Kier alpha value is -1.15. The molecule has 144 valence electrons. The van der Waals surface area contributed by atoms with Gasteiger partial charge in [0.1, 0.15) is 9.84 Å². The molecule has 0 radical (unpaired) electrons. The van der Waals surface area contributed by atoms with Crippen LogP contribution in [0.2, 0.25) is 0 Å². The summed E-state index contributed by atoms with van der Waals surface area (Å²) in [6.07, 6.45) is 2.71. The number of hydrogen-bond acceptors (Lipinski definition) is 5. The Morgan fingerprint density at radius 1 is 1.28 bits per heavy atom. The first kappa shape index (κ1) is 20.2. The van der Waals surface area contributed by atoms with Gasteiger partial charge in [0.25, 0.3) is 0 Å². The Balaban J connectivity index is 2.00. The summed E-state index contributed by atoms with van der Waals surface area (Å²) in [4.78, 5) is 28.5. The van der Waals surface area contributed by atoms with Gasteiger partial charge in [-0.1, -0.05) is 0 Å². The van der Waals surface area contributed by atoms with Gasteiger partial charge in [-0.2, -0.15) is 0 Å². The molecular weight excluding hydrogens is 344 g/mol. The zero-order valence-electron chi connectivity index (χ0n) is 15.5. The van der Waals surface area contributed by atoms with E-state index in [4.69, 9.17) is 4.74 Å². The van der Waals surface area contributed by atoms with Crippen LogP contribution < -0.4 is 0 Å². The summed E-state index contributed by atoms with van der Waals surface area (Å²) in [6.45, 7) is 7.51. The summed E-state index contributed by atoms with van der Waals surface area (Å²) in [7, 11) is -3.13. The minimum absolute atomic E-state index is 0.0359. The monoisotopic (exact) mass is 374 g/mol. The van der Waals surface area contributed by atoms with Gasteiger partial charge in [-0.25, -0.2) is 8.42 Å². The van der Waals surface area contributed by atoms with Gasteiger partial charge in [0, 0.05) is 50.9 Å². The van der Waals surface area contributed by atoms with Gasteiger partial charge in [0.2, 0.25) is 11.8 Å². The van der Waals surface area contributed by atoms with Crippen LogP contribution in [-0.2, 0) is 24.2 Å². The molecule has 0 aromatic carbocycles. The second-order valence-corrected chi connectivity index (χ2v) is 9.45. The van der Waals surface area contributed by atoms with Crippen LogP contribution in [0, 0.1) is 11.3 Å². The third-order valence-electron chi connectivity index (χ3n) is 5.52. The Kier molecular flexibility index (Phi) is 6.48.